The van der Waals surface area contributed by atoms with Crippen molar-refractivity contribution in [2.24, 2.45) is 45.8 Å². The second-order valence-electron chi connectivity index (χ2n) is 16.9. The molecule has 7 nitrogen and oxygen atoms in total. The second-order valence-corrected chi connectivity index (χ2v) is 19.2. The molecular formula is C38H54N2O5S. The summed E-state index contributed by atoms with van der Waals surface area (Å²) in [5.41, 5.74) is 2.07. The number of allylic oxidation sites excluding steroid dienone is 2. The van der Waals surface area contributed by atoms with Crippen LogP contribution in [0, 0.1) is 45.8 Å². The summed E-state index contributed by atoms with van der Waals surface area (Å²) in [7, 11) is -2.85. The summed E-state index contributed by atoms with van der Waals surface area (Å²) < 4.78 is 23.8. The predicted octanol–water partition coefficient (Wildman–Crippen LogP) is 6.09. The van der Waals surface area contributed by atoms with E-state index in [1.807, 2.05) is 18.2 Å². The SMILES string of the molecule is CC1(C)C(c2ccc(C(=O)O)cc2)=CC(=O)[C@@]2(C)C1CC[C@@]1(C)C3CC[C@@]4(NCCN5CCS(=O)(=O)CC5)CCC[C@@H]4[C@H]3CCC12. The molecule has 0 radical (unpaired) electrons. The molecule has 252 valence electrons. The zero-order valence-corrected chi connectivity index (χ0v) is 29.1. The van der Waals surface area contributed by atoms with E-state index in [1.54, 1.807) is 12.1 Å². The van der Waals surface area contributed by atoms with Gasteiger partial charge in [-0.2, -0.15) is 0 Å². The molecule has 1 heterocycles. The molecule has 0 bridgehead atoms. The van der Waals surface area contributed by atoms with E-state index >= 15 is 0 Å². The molecule has 1 saturated heterocycles. The molecule has 0 spiro atoms. The third-order valence-corrected chi connectivity index (χ3v) is 16.4. The molecule has 3 unspecified atom stereocenters. The van der Waals surface area contributed by atoms with Crippen LogP contribution in [0.2, 0.25) is 0 Å². The van der Waals surface area contributed by atoms with Crippen molar-refractivity contribution < 1.29 is 23.1 Å². The molecule has 8 heteroatoms. The number of carboxylic acids is 1. The fraction of sp³-hybridized carbons (Fsp3) is 0.737. The Morgan fingerprint density at radius 2 is 1.63 bits per heavy atom. The number of benzene rings is 1. The predicted molar refractivity (Wildman–Crippen MR) is 181 cm³/mol. The van der Waals surface area contributed by atoms with Crippen molar-refractivity contribution in [2.75, 3.05) is 37.7 Å². The molecule has 8 atom stereocenters. The molecule has 5 fully saturated rings. The molecular weight excluding hydrogens is 596 g/mol. The third kappa shape index (κ3) is 4.98. The Morgan fingerprint density at radius 3 is 2.33 bits per heavy atom. The fourth-order valence-corrected chi connectivity index (χ4v) is 13.8. The number of sulfone groups is 1. The van der Waals surface area contributed by atoms with Crippen molar-refractivity contribution in [1.29, 1.82) is 0 Å². The van der Waals surface area contributed by atoms with Gasteiger partial charge in [-0.3, -0.25) is 4.79 Å². The number of hydrogen-bond donors (Lipinski definition) is 2. The van der Waals surface area contributed by atoms with Gasteiger partial charge < -0.3 is 15.3 Å². The number of aromatic carboxylic acids is 1. The highest BCUT2D eigenvalue weighted by atomic mass is 32.2. The Balaban J connectivity index is 1.10. The quantitative estimate of drug-likeness (QED) is 0.384. The summed E-state index contributed by atoms with van der Waals surface area (Å²) in [5.74, 6) is 2.60. The number of nitrogens with one attached hydrogen (secondary N) is 1. The van der Waals surface area contributed by atoms with Gasteiger partial charge in [-0.1, -0.05) is 46.2 Å². The van der Waals surface area contributed by atoms with Crippen molar-refractivity contribution >= 4 is 27.2 Å². The highest BCUT2D eigenvalue weighted by Crippen LogP contribution is 2.71. The smallest absolute Gasteiger partial charge is 0.335 e. The van der Waals surface area contributed by atoms with Crippen LogP contribution < -0.4 is 5.32 Å². The molecule has 1 aromatic rings. The van der Waals surface area contributed by atoms with Gasteiger partial charge in [-0.05, 0) is 121 Å². The van der Waals surface area contributed by atoms with E-state index in [0.717, 1.165) is 37.1 Å². The summed E-state index contributed by atoms with van der Waals surface area (Å²) in [6.45, 7) is 12.7. The minimum atomic E-state index is -2.85. The van der Waals surface area contributed by atoms with E-state index in [1.165, 1.54) is 44.9 Å². The first-order chi connectivity index (χ1) is 21.7. The molecule has 0 aromatic heterocycles. The van der Waals surface area contributed by atoms with E-state index in [9.17, 15) is 23.1 Å². The van der Waals surface area contributed by atoms with E-state index in [-0.39, 0.29) is 33.6 Å². The van der Waals surface area contributed by atoms with Crippen LogP contribution in [0.5, 0.6) is 0 Å². The van der Waals surface area contributed by atoms with Crippen molar-refractivity contribution in [3.8, 4) is 0 Å². The van der Waals surface area contributed by atoms with Gasteiger partial charge in [0.25, 0.3) is 0 Å². The average Bonchev–Trinajstić information content (AvgIpc) is 3.44. The summed E-state index contributed by atoms with van der Waals surface area (Å²) in [6, 6.07) is 7.08. The maximum atomic E-state index is 14.5. The van der Waals surface area contributed by atoms with Crippen LogP contribution in [0.3, 0.4) is 0 Å². The topological polar surface area (TPSA) is 104 Å². The van der Waals surface area contributed by atoms with Crippen LogP contribution in [-0.2, 0) is 14.6 Å². The van der Waals surface area contributed by atoms with Crippen molar-refractivity contribution in [3.63, 3.8) is 0 Å². The first-order valence-corrected chi connectivity index (χ1v) is 19.8. The Morgan fingerprint density at radius 1 is 0.913 bits per heavy atom. The lowest BCUT2D eigenvalue weighted by molar-refractivity contribution is -0.180. The number of rotatable bonds is 6. The average molecular weight is 651 g/mol. The molecule has 5 aliphatic carbocycles. The van der Waals surface area contributed by atoms with Gasteiger partial charge in [0.05, 0.1) is 17.1 Å². The highest BCUT2D eigenvalue weighted by molar-refractivity contribution is 7.91. The van der Waals surface area contributed by atoms with Gasteiger partial charge in [0, 0.05) is 37.1 Å². The van der Waals surface area contributed by atoms with Gasteiger partial charge in [0.15, 0.2) is 15.6 Å². The van der Waals surface area contributed by atoms with Crippen molar-refractivity contribution in [2.45, 2.75) is 91.0 Å². The van der Waals surface area contributed by atoms with E-state index in [0.29, 0.717) is 48.3 Å². The Hall–Kier alpha value is -2.03. The van der Waals surface area contributed by atoms with E-state index in [4.69, 9.17) is 0 Å². The number of nitrogens with zero attached hydrogens (tertiary/aromatic N) is 1. The number of hydrogen-bond acceptors (Lipinski definition) is 6. The molecule has 1 aliphatic heterocycles. The number of carboxylic acid groups (broad SMARTS) is 1. The van der Waals surface area contributed by atoms with Crippen LogP contribution in [0.25, 0.3) is 5.57 Å². The molecule has 4 saturated carbocycles. The van der Waals surface area contributed by atoms with Gasteiger partial charge in [-0.25, -0.2) is 13.2 Å². The van der Waals surface area contributed by atoms with Crippen LogP contribution in [0.1, 0.15) is 101 Å². The largest absolute Gasteiger partial charge is 0.478 e. The standard InChI is InChI=1S/C38H54N2O5S/c1-35(2)30(25-7-9-26(10-8-25)34(42)43)24-33(41)37(4)31(35)14-16-36(3)28-13-17-38(15-5-6-29(38)27(28)11-12-32(36)37)39-18-19-40-20-22-46(44,45)23-21-40/h7-10,24,27-29,31-32,39H,5-6,11-23H2,1-4H3,(H,42,43)/t27-,28?,29+,31?,32?,36-,37-,38-/m0/s1. The van der Waals surface area contributed by atoms with Gasteiger partial charge in [0.2, 0.25) is 0 Å². The minimum absolute atomic E-state index is 0.155. The van der Waals surface area contributed by atoms with Crippen LogP contribution in [0.15, 0.2) is 30.3 Å². The van der Waals surface area contributed by atoms with Crippen LogP contribution >= 0.6 is 0 Å². The van der Waals surface area contributed by atoms with E-state index < -0.39 is 21.2 Å². The number of carbonyl (C=O) groups is 2. The molecule has 6 aliphatic rings. The highest BCUT2D eigenvalue weighted by Gasteiger charge is 2.67. The first-order valence-electron chi connectivity index (χ1n) is 18.0. The molecule has 1 aromatic carbocycles. The lowest BCUT2D eigenvalue weighted by Crippen LogP contribution is -2.65. The Kier molecular flexibility index (Phi) is 7.96. The summed E-state index contributed by atoms with van der Waals surface area (Å²) in [6.07, 6.45) is 12.8. The molecule has 0 amide bonds. The zero-order chi connectivity index (χ0) is 32.7. The molecule has 46 heavy (non-hydrogen) atoms. The second kappa shape index (κ2) is 11.3. The molecule has 7 rings (SSSR count). The monoisotopic (exact) mass is 650 g/mol. The Labute approximate surface area is 275 Å². The van der Waals surface area contributed by atoms with Crippen molar-refractivity contribution in [3.05, 3.63) is 41.5 Å². The minimum Gasteiger partial charge on any atom is -0.478 e. The Bertz CT molecular complexity index is 1520. The summed E-state index contributed by atoms with van der Waals surface area (Å²) >= 11 is 0. The van der Waals surface area contributed by atoms with Gasteiger partial charge in [0.1, 0.15) is 0 Å². The lowest BCUT2D eigenvalue weighted by Gasteiger charge is -2.67. The third-order valence-electron chi connectivity index (χ3n) is 14.8. The summed E-state index contributed by atoms with van der Waals surface area (Å²) in [4.78, 5) is 28.2. The number of ketones is 1. The number of carbonyl (C=O) groups excluding carboxylic acids is 1. The molecule has 2 N–H and O–H groups in total. The summed E-state index contributed by atoms with van der Waals surface area (Å²) in [5, 5.41) is 13.5. The zero-order valence-electron chi connectivity index (χ0n) is 28.3. The maximum Gasteiger partial charge on any atom is 0.335 e. The maximum absolute atomic E-state index is 14.5. The normalized spacial score (nSPS) is 41.4. The van der Waals surface area contributed by atoms with Gasteiger partial charge in [-0.15, -0.1) is 0 Å². The number of fused-ring (bicyclic) bond motifs is 7. The van der Waals surface area contributed by atoms with Crippen LogP contribution in [-0.4, -0.2) is 73.4 Å². The first kappa shape index (κ1) is 32.5. The lowest BCUT2D eigenvalue weighted by atomic mass is 9.36. The fourth-order valence-electron chi connectivity index (χ4n) is 12.6. The van der Waals surface area contributed by atoms with Gasteiger partial charge >= 0.3 is 5.97 Å². The van der Waals surface area contributed by atoms with Crippen LogP contribution in [0.4, 0.5) is 0 Å². The van der Waals surface area contributed by atoms with E-state index in [2.05, 4.69) is 37.9 Å². The van der Waals surface area contributed by atoms with Crippen molar-refractivity contribution in [1.82, 2.24) is 10.2 Å².